The third kappa shape index (κ3) is 1.90. The van der Waals surface area contributed by atoms with Crippen LogP contribution in [0.4, 0.5) is 13.2 Å². The molecule has 0 N–H and O–H groups in total. The lowest BCUT2D eigenvalue weighted by Crippen LogP contribution is -2.27. The standard InChI is InChI=1S/C11H8F3NO2/c1-10(7-5-3-2-4-6-7)9(16)17-8(15-10)11(12,13)14/h2-6H,1H3. The van der Waals surface area contributed by atoms with Gasteiger partial charge in [0.2, 0.25) is 0 Å². The predicted octanol–water partition coefficient (Wildman–Crippen LogP) is 2.42. The SMILES string of the molecule is CC1(c2ccccc2)N=C(C(F)(F)F)OC1=O. The number of hydrogen-bond acceptors (Lipinski definition) is 3. The number of cyclic esters (lactones) is 1. The summed E-state index contributed by atoms with van der Waals surface area (Å²) in [5.74, 6) is -2.51. The second-order valence-electron chi connectivity index (χ2n) is 3.74. The number of carbonyl (C=O) groups excluding carboxylic acids is 1. The first-order valence-electron chi connectivity index (χ1n) is 4.79. The van der Waals surface area contributed by atoms with Crippen molar-refractivity contribution < 1.29 is 22.7 Å². The molecule has 17 heavy (non-hydrogen) atoms. The number of halogens is 3. The van der Waals surface area contributed by atoms with Gasteiger partial charge in [-0.2, -0.15) is 13.2 Å². The zero-order valence-electron chi connectivity index (χ0n) is 8.78. The molecule has 1 heterocycles. The lowest BCUT2D eigenvalue weighted by atomic mass is 9.93. The van der Waals surface area contributed by atoms with Gasteiger partial charge in [0.15, 0.2) is 5.54 Å². The Hall–Kier alpha value is -1.85. The van der Waals surface area contributed by atoms with Crippen molar-refractivity contribution in [1.29, 1.82) is 0 Å². The monoisotopic (exact) mass is 243 g/mol. The molecule has 1 aliphatic heterocycles. The number of ether oxygens (including phenoxy) is 1. The summed E-state index contributed by atoms with van der Waals surface area (Å²) in [4.78, 5) is 14.9. The van der Waals surface area contributed by atoms with Crippen LogP contribution < -0.4 is 0 Å². The average Bonchev–Trinajstić information content (AvgIpc) is 2.58. The van der Waals surface area contributed by atoms with Gasteiger partial charge in [-0.25, -0.2) is 9.79 Å². The van der Waals surface area contributed by atoms with Crippen LogP contribution in [0.1, 0.15) is 12.5 Å². The van der Waals surface area contributed by atoms with Gasteiger partial charge in [-0.1, -0.05) is 30.3 Å². The maximum Gasteiger partial charge on any atom is 0.468 e. The summed E-state index contributed by atoms with van der Waals surface area (Å²) in [5, 5.41) is 0. The molecule has 0 aliphatic carbocycles. The summed E-state index contributed by atoms with van der Waals surface area (Å²) in [5.41, 5.74) is -1.25. The minimum Gasteiger partial charge on any atom is -0.400 e. The number of carbonyl (C=O) groups is 1. The molecule has 1 aromatic carbocycles. The highest BCUT2D eigenvalue weighted by Gasteiger charge is 2.51. The quantitative estimate of drug-likeness (QED) is 0.710. The Balaban J connectivity index is 2.46. The number of nitrogens with zero attached hydrogens (tertiary/aromatic N) is 1. The Kier molecular flexibility index (Phi) is 2.45. The second-order valence-corrected chi connectivity index (χ2v) is 3.74. The molecule has 6 heteroatoms. The van der Waals surface area contributed by atoms with Gasteiger partial charge in [0.1, 0.15) is 0 Å². The Bertz CT molecular complexity index is 481. The molecule has 0 saturated carbocycles. The summed E-state index contributed by atoms with van der Waals surface area (Å²) in [6.45, 7) is 1.30. The number of alkyl halides is 3. The van der Waals surface area contributed by atoms with Gasteiger partial charge in [-0.3, -0.25) is 0 Å². The van der Waals surface area contributed by atoms with E-state index in [1.54, 1.807) is 18.2 Å². The highest BCUT2D eigenvalue weighted by atomic mass is 19.4. The van der Waals surface area contributed by atoms with Crippen molar-refractivity contribution in [2.75, 3.05) is 0 Å². The number of rotatable bonds is 1. The zero-order valence-corrected chi connectivity index (χ0v) is 8.78. The van der Waals surface area contributed by atoms with Gasteiger partial charge in [-0.15, -0.1) is 0 Å². The summed E-state index contributed by atoms with van der Waals surface area (Å²) < 4.78 is 41.3. The molecule has 2 rings (SSSR count). The minimum absolute atomic E-state index is 0.365. The second kappa shape index (κ2) is 3.58. The third-order valence-corrected chi connectivity index (χ3v) is 2.49. The Morgan fingerprint density at radius 2 is 1.82 bits per heavy atom. The van der Waals surface area contributed by atoms with E-state index in [0.29, 0.717) is 5.56 Å². The maximum absolute atomic E-state index is 12.4. The van der Waals surface area contributed by atoms with Crippen molar-refractivity contribution >= 4 is 11.9 Å². The van der Waals surface area contributed by atoms with E-state index < -0.39 is 23.6 Å². The van der Waals surface area contributed by atoms with Crippen LogP contribution in [-0.4, -0.2) is 18.0 Å². The molecule has 1 atom stereocenters. The number of aliphatic imine (C=N–C) groups is 1. The Morgan fingerprint density at radius 3 is 2.29 bits per heavy atom. The molecule has 1 unspecified atom stereocenters. The van der Waals surface area contributed by atoms with Crippen molar-refractivity contribution in [1.82, 2.24) is 0 Å². The molecule has 0 amide bonds. The predicted molar refractivity (Wildman–Crippen MR) is 53.4 cm³/mol. The first-order valence-corrected chi connectivity index (χ1v) is 4.79. The maximum atomic E-state index is 12.4. The van der Waals surface area contributed by atoms with Crippen LogP contribution in [0.15, 0.2) is 35.3 Å². The Morgan fingerprint density at radius 1 is 1.24 bits per heavy atom. The van der Waals surface area contributed by atoms with Crippen LogP contribution in [0, 0.1) is 0 Å². The smallest absolute Gasteiger partial charge is 0.400 e. The molecule has 0 aromatic heterocycles. The van der Waals surface area contributed by atoms with Crippen molar-refractivity contribution in [2.45, 2.75) is 18.6 Å². The summed E-state index contributed by atoms with van der Waals surface area (Å²) in [7, 11) is 0. The molecule has 0 bridgehead atoms. The average molecular weight is 243 g/mol. The van der Waals surface area contributed by atoms with Gasteiger partial charge in [-0.05, 0) is 12.5 Å². The van der Waals surface area contributed by atoms with Crippen molar-refractivity contribution in [2.24, 2.45) is 4.99 Å². The zero-order chi connectivity index (χ0) is 12.7. The molecule has 3 nitrogen and oxygen atoms in total. The van der Waals surface area contributed by atoms with E-state index >= 15 is 0 Å². The van der Waals surface area contributed by atoms with Gasteiger partial charge < -0.3 is 4.74 Å². The number of hydrogen-bond donors (Lipinski definition) is 0. The lowest BCUT2D eigenvalue weighted by Gasteiger charge is -2.15. The number of benzene rings is 1. The van der Waals surface area contributed by atoms with E-state index in [4.69, 9.17) is 0 Å². The Labute approximate surface area is 94.9 Å². The summed E-state index contributed by atoms with van der Waals surface area (Å²) in [6.07, 6.45) is -4.75. The van der Waals surface area contributed by atoms with Crippen LogP contribution in [-0.2, 0) is 15.1 Å². The van der Waals surface area contributed by atoms with Crippen LogP contribution in [0.2, 0.25) is 0 Å². The van der Waals surface area contributed by atoms with Gasteiger partial charge in [0, 0.05) is 0 Å². The normalized spacial score (nSPS) is 24.5. The van der Waals surface area contributed by atoms with Gasteiger partial charge in [0.25, 0.3) is 0 Å². The molecule has 0 saturated heterocycles. The molecule has 1 aromatic rings. The lowest BCUT2D eigenvalue weighted by molar-refractivity contribution is -0.142. The van der Waals surface area contributed by atoms with E-state index in [1.165, 1.54) is 19.1 Å². The van der Waals surface area contributed by atoms with Gasteiger partial charge >= 0.3 is 18.0 Å². The van der Waals surface area contributed by atoms with Crippen molar-refractivity contribution in [3.05, 3.63) is 35.9 Å². The molecule has 90 valence electrons. The minimum atomic E-state index is -4.75. The van der Waals surface area contributed by atoms with Crippen molar-refractivity contribution in [3.8, 4) is 0 Å². The number of esters is 1. The molecule has 0 radical (unpaired) electrons. The van der Waals surface area contributed by atoms with Crippen LogP contribution >= 0.6 is 0 Å². The fourth-order valence-electron chi connectivity index (χ4n) is 1.53. The fourth-order valence-corrected chi connectivity index (χ4v) is 1.53. The van der Waals surface area contributed by atoms with E-state index in [-0.39, 0.29) is 0 Å². The van der Waals surface area contributed by atoms with Crippen LogP contribution in [0.25, 0.3) is 0 Å². The van der Waals surface area contributed by atoms with E-state index in [9.17, 15) is 18.0 Å². The molecule has 0 fully saturated rings. The van der Waals surface area contributed by atoms with Crippen LogP contribution in [0.5, 0.6) is 0 Å². The van der Waals surface area contributed by atoms with E-state index in [1.807, 2.05) is 0 Å². The molecule has 1 aliphatic rings. The molecular weight excluding hydrogens is 235 g/mol. The van der Waals surface area contributed by atoms with Crippen LogP contribution in [0.3, 0.4) is 0 Å². The first-order chi connectivity index (χ1) is 7.84. The summed E-state index contributed by atoms with van der Waals surface area (Å²) in [6, 6.07) is 8.00. The molecular formula is C11H8F3NO2. The largest absolute Gasteiger partial charge is 0.468 e. The third-order valence-electron chi connectivity index (χ3n) is 2.49. The summed E-state index contributed by atoms with van der Waals surface area (Å²) >= 11 is 0. The molecule has 0 spiro atoms. The first kappa shape index (κ1) is 11.6. The highest BCUT2D eigenvalue weighted by molar-refractivity contribution is 6.02. The van der Waals surface area contributed by atoms with Gasteiger partial charge in [0.05, 0.1) is 0 Å². The van der Waals surface area contributed by atoms with E-state index in [2.05, 4.69) is 9.73 Å². The van der Waals surface area contributed by atoms with E-state index in [0.717, 1.165) is 0 Å². The van der Waals surface area contributed by atoms with Crippen molar-refractivity contribution in [3.63, 3.8) is 0 Å². The fraction of sp³-hybridized carbons (Fsp3) is 0.273. The topological polar surface area (TPSA) is 38.7 Å². The highest BCUT2D eigenvalue weighted by Crippen LogP contribution is 2.35.